The Morgan fingerprint density at radius 1 is 1.06 bits per heavy atom. The number of benzene rings is 2. The molecule has 2 aromatic carbocycles. The molecule has 0 atom stereocenters. The van der Waals surface area contributed by atoms with E-state index in [0.717, 1.165) is 6.20 Å². The minimum Gasteiger partial charge on any atom is -0.462 e. The second-order valence-electron chi connectivity index (χ2n) is 7.33. The van der Waals surface area contributed by atoms with Crippen LogP contribution in [-0.4, -0.2) is 43.3 Å². The van der Waals surface area contributed by atoms with Gasteiger partial charge in [-0.15, -0.1) is 5.10 Å². The van der Waals surface area contributed by atoms with E-state index in [1.165, 1.54) is 30.7 Å². The van der Waals surface area contributed by atoms with Gasteiger partial charge < -0.3 is 10.1 Å². The molecule has 0 bridgehead atoms. The predicted molar refractivity (Wildman–Crippen MR) is 119 cm³/mol. The fourth-order valence-electron chi connectivity index (χ4n) is 3.44. The molecule has 0 aliphatic heterocycles. The number of amides is 1. The number of alkyl halides is 3. The first-order valence-electron chi connectivity index (χ1n) is 10.4. The number of hydrogen-bond donors (Lipinski definition) is 1. The Labute approximate surface area is 197 Å². The predicted octanol–water partition coefficient (Wildman–Crippen LogP) is 4.27. The first-order valence-corrected chi connectivity index (χ1v) is 10.4. The lowest BCUT2D eigenvalue weighted by atomic mass is 10.1. The number of nitrogens with zero attached hydrogens (tertiary/aromatic N) is 5. The van der Waals surface area contributed by atoms with Crippen molar-refractivity contribution >= 4 is 17.6 Å². The summed E-state index contributed by atoms with van der Waals surface area (Å²) in [4.78, 5) is 23.5. The zero-order valence-electron chi connectivity index (χ0n) is 18.6. The molecule has 12 heteroatoms. The Kier molecular flexibility index (Phi) is 6.36. The van der Waals surface area contributed by atoms with Crippen LogP contribution in [0.3, 0.4) is 0 Å². The summed E-state index contributed by atoms with van der Waals surface area (Å²) in [6, 6.07) is 13.0. The molecule has 2 aromatic heterocycles. The number of hydrogen-bond acceptors (Lipinski definition) is 6. The van der Waals surface area contributed by atoms with Crippen molar-refractivity contribution in [2.75, 3.05) is 11.9 Å². The van der Waals surface area contributed by atoms with E-state index in [1.54, 1.807) is 42.6 Å². The number of ether oxygens (including phenoxy) is 1. The first-order chi connectivity index (χ1) is 16.7. The van der Waals surface area contributed by atoms with Crippen LogP contribution in [0.25, 0.3) is 22.6 Å². The Bertz CT molecular complexity index is 1380. The van der Waals surface area contributed by atoms with Gasteiger partial charge in [0.1, 0.15) is 11.3 Å². The molecule has 0 fully saturated rings. The van der Waals surface area contributed by atoms with E-state index >= 15 is 0 Å². The van der Waals surface area contributed by atoms with E-state index in [2.05, 4.69) is 20.7 Å². The van der Waals surface area contributed by atoms with Gasteiger partial charge in [-0.3, -0.25) is 4.79 Å². The summed E-state index contributed by atoms with van der Waals surface area (Å²) in [7, 11) is 0. The molecule has 2 heterocycles. The van der Waals surface area contributed by atoms with Gasteiger partial charge in [0.15, 0.2) is 5.69 Å². The molecule has 0 aliphatic rings. The summed E-state index contributed by atoms with van der Waals surface area (Å²) >= 11 is 0. The zero-order chi connectivity index (χ0) is 25.2. The fraction of sp³-hybridized carbons (Fsp3) is 0.174. The lowest BCUT2D eigenvalue weighted by molar-refractivity contribution is -0.143. The molecule has 35 heavy (non-hydrogen) atoms. The standard InChI is InChI=1S/C23H19F3N6O3/c1-3-35-22(34)18-12-27-32(21(18)23(24,25)26)16-10-8-15(9-11-16)31-13-20(29-30-31)17-6-4-5-7-19(17)28-14(2)33/h4-13H,3H2,1-2H3,(H,28,33). The van der Waals surface area contributed by atoms with Crippen LogP contribution >= 0.6 is 0 Å². The highest BCUT2D eigenvalue weighted by atomic mass is 19.4. The monoisotopic (exact) mass is 484 g/mol. The smallest absolute Gasteiger partial charge is 0.434 e. The van der Waals surface area contributed by atoms with E-state index in [9.17, 15) is 22.8 Å². The van der Waals surface area contributed by atoms with Crippen LogP contribution < -0.4 is 5.32 Å². The molecule has 1 amide bonds. The third-order valence-electron chi connectivity index (χ3n) is 4.90. The van der Waals surface area contributed by atoms with Crippen molar-refractivity contribution in [3.05, 3.63) is 72.2 Å². The quantitative estimate of drug-likeness (QED) is 0.410. The number of para-hydroxylation sites is 1. The van der Waals surface area contributed by atoms with Crippen LogP contribution in [0.4, 0.5) is 18.9 Å². The van der Waals surface area contributed by atoms with Crippen LogP contribution in [0.2, 0.25) is 0 Å². The average Bonchev–Trinajstić information content (AvgIpc) is 3.47. The van der Waals surface area contributed by atoms with Crippen molar-refractivity contribution in [1.82, 2.24) is 24.8 Å². The van der Waals surface area contributed by atoms with Gasteiger partial charge in [0, 0.05) is 12.5 Å². The third kappa shape index (κ3) is 4.90. The SMILES string of the molecule is CCOC(=O)c1cnn(-c2ccc(-n3cc(-c4ccccc4NC(C)=O)nn3)cc2)c1C(F)(F)F. The van der Waals surface area contributed by atoms with Crippen molar-refractivity contribution in [1.29, 1.82) is 0 Å². The van der Waals surface area contributed by atoms with Gasteiger partial charge in [-0.2, -0.15) is 18.3 Å². The zero-order valence-corrected chi connectivity index (χ0v) is 18.6. The van der Waals surface area contributed by atoms with Gasteiger partial charge in [-0.25, -0.2) is 14.2 Å². The lowest BCUT2D eigenvalue weighted by Gasteiger charge is -2.12. The molecule has 0 aliphatic carbocycles. The van der Waals surface area contributed by atoms with Crippen molar-refractivity contribution in [3.8, 4) is 22.6 Å². The Morgan fingerprint density at radius 3 is 2.40 bits per heavy atom. The molecule has 0 saturated heterocycles. The number of halogens is 3. The molecule has 180 valence electrons. The summed E-state index contributed by atoms with van der Waals surface area (Å²) in [5.74, 6) is -1.33. The van der Waals surface area contributed by atoms with Gasteiger partial charge >= 0.3 is 12.1 Å². The van der Waals surface area contributed by atoms with Gasteiger partial charge in [0.25, 0.3) is 0 Å². The molecule has 0 unspecified atom stereocenters. The summed E-state index contributed by atoms with van der Waals surface area (Å²) < 4.78 is 48.0. The van der Waals surface area contributed by atoms with Gasteiger partial charge in [0.2, 0.25) is 5.91 Å². The maximum absolute atomic E-state index is 13.7. The second-order valence-corrected chi connectivity index (χ2v) is 7.33. The van der Waals surface area contributed by atoms with E-state index < -0.39 is 23.4 Å². The average molecular weight is 484 g/mol. The van der Waals surface area contributed by atoms with Crippen LogP contribution in [0.15, 0.2) is 60.9 Å². The minimum absolute atomic E-state index is 0.0643. The normalized spacial score (nSPS) is 11.3. The lowest BCUT2D eigenvalue weighted by Crippen LogP contribution is -2.18. The molecule has 4 rings (SSSR count). The minimum atomic E-state index is -4.83. The number of carbonyl (C=O) groups is 2. The number of rotatable bonds is 6. The van der Waals surface area contributed by atoms with E-state index in [4.69, 9.17) is 4.74 Å². The Morgan fingerprint density at radius 2 is 1.74 bits per heavy atom. The number of aromatic nitrogens is 5. The highest BCUT2D eigenvalue weighted by Crippen LogP contribution is 2.34. The fourth-order valence-corrected chi connectivity index (χ4v) is 3.44. The van der Waals surface area contributed by atoms with Crippen LogP contribution in [0.5, 0.6) is 0 Å². The maximum Gasteiger partial charge on any atom is 0.434 e. The topological polar surface area (TPSA) is 104 Å². The largest absolute Gasteiger partial charge is 0.462 e. The summed E-state index contributed by atoms with van der Waals surface area (Å²) in [6.07, 6.45) is -2.37. The van der Waals surface area contributed by atoms with E-state index in [0.29, 0.717) is 27.3 Å². The summed E-state index contributed by atoms with van der Waals surface area (Å²) in [5, 5.41) is 14.7. The molecular weight excluding hydrogens is 465 g/mol. The molecule has 4 aromatic rings. The van der Waals surface area contributed by atoms with Crippen molar-refractivity contribution < 1.29 is 27.5 Å². The second kappa shape index (κ2) is 9.41. The highest BCUT2D eigenvalue weighted by molar-refractivity contribution is 5.93. The van der Waals surface area contributed by atoms with Gasteiger partial charge in [-0.05, 0) is 37.3 Å². The van der Waals surface area contributed by atoms with Crippen molar-refractivity contribution in [3.63, 3.8) is 0 Å². The molecule has 0 saturated carbocycles. The molecule has 0 radical (unpaired) electrons. The van der Waals surface area contributed by atoms with Gasteiger partial charge in [-0.1, -0.05) is 23.4 Å². The molecule has 9 nitrogen and oxygen atoms in total. The molecule has 0 spiro atoms. The molecule has 1 N–H and O–H groups in total. The molecular formula is C23H19F3N6O3. The first kappa shape index (κ1) is 23.7. The van der Waals surface area contributed by atoms with Crippen LogP contribution in [0.1, 0.15) is 29.9 Å². The maximum atomic E-state index is 13.7. The number of esters is 1. The Balaban J connectivity index is 1.65. The number of carbonyl (C=O) groups excluding carboxylic acids is 2. The van der Waals surface area contributed by atoms with Crippen molar-refractivity contribution in [2.45, 2.75) is 20.0 Å². The number of nitrogens with one attached hydrogen (secondary N) is 1. The van der Waals surface area contributed by atoms with E-state index in [-0.39, 0.29) is 18.2 Å². The summed E-state index contributed by atoms with van der Waals surface area (Å²) in [5.41, 5.74) is 0.442. The van der Waals surface area contributed by atoms with E-state index in [1.807, 2.05) is 0 Å². The van der Waals surface area contributed by atoms with Gasteiger partial charge in [0.05, 0.1) is 36.1 Å². The van der Waals surface area contributed by atoms with Crippen molar-refractivity contribution in [2.24, 2.45) is 0 Å². The number of anilines is 1. The Hall–Kier alpha value is -4.48. The van der Waals surface area contributed by atoms with Crippen LogP contribution in [0, 0.1) is 0 Å². The third-order valence-corrected chi connectivity index (χ3v) is 4.90. The summed E-state index contributed by atoms with van der Waals surface area (Å²) in [6.45, 7) is 2.84. The van der Waals surface area contributed by atoms with Crippen LogP contribution in [-0.2, 0) is 15.7 Å². The highest BCUT2D eigenvalue weighted by Gasteiger charge is 2.41.